The largest absolute Gasteiger partial charge is 0.415 e. The number of carbonyl (C=O) groups excluding carboxylic acids is 2. The summed E-state index contributed by atoms with van der Waals surface area (Å²) in [6.45, 7) is 8.46. The molecule has 1 saturated heterocycles. The molecule has 1 saturated carbocycles. The average molecular weight is 412 g/mol. The number of amides is 1. The molecule has 162 valence electrons. The van der Waals surface area contributed by atoms with E-state index in [2.05, 4.69) is 19.1 Å². The van der Waals surface area contributed by atoms with Crippen LogP contribution in [0.1, 0.15) is 55.7 Å². The van der Waals surface area contributed by atoms with Crippen molar-refractivity contribution in [2.24, 2.45) is 17.8 Å². The molecule has 1 aromatic carbocycles. The lowest BCUT2D eigenvalue weighted by molar-refractivity contribution is -0.118. The van der Waals surface area contributed by atoms with E-state index in [4.69, 9.17) is 9.47 Å². The van der Waals surface area contributed by atoms with E-state index in [0.29, 0.717) is 50.0 Å². The Labute approximate surface area is 179 Å². The molecule has 4 rings (SSSR count). The number of hydrogen-bond donors (Lipinski definition) is 0. The Bertz CT molecular complexity index is 845. The van der Waals surface area contributed by atoms with E-state index in [9.17, 15) is 9.59 Å². The summed E-state index contributed by atoms with van der Waals surface area (Å²) in [5.74, 6) is 1.78. The topological polar surface area (TPSA) is 55.8 Å². The van der Waals surface area contributed by atoms with Crippen LogP contribution in [0.3, 0.4) is 0 Å². The van der Waals surface area contributed by atoms with E-state index < -0.39 is 0 Å². The van der Waals surface area contributed by atoms with Crippen LogP contribution in [-0.2, 0) is 14.3 Å². The van der Waals surface area contributed by atoms with Gasteiger partial charge in [0.1, 0.15) is 5.76 Å². The number of Topliss-reactive ketones (excluding diaryl/α,β-unsaturated/α-hetero) is 1. The first-order chi connectivity index (χ1) is 14.4. The fourth-order valence-corrected chi connectivity index (χ4v) is 5.08. The van der Waals surface area contributed by atoms with Crippen LogP contribution >= 0.6 is 0 Å². The Balaban J connectivity index is 1.63. The maximum atomic E-state index is 13.6. The number of benzene rings is 1. The number of rotatable bonds is 3. The number of aryl methyl sites for hydroxylation is 2. The van der Waals surface area contributed by atoms with Gasteiger partial charge in [-0.25, -0.2) is 4.79 Å². The first kappa shape index (κ1) is 21.1. The molecule has 1 aliphatic heterocycles. The quantitative estimate of drug-likeness (QED) is 0.710. The molecule has 1 aromatic rings. The molecule has 1 amide bonds. The number of ether oxygens (including phenoxy) is 2. The van der Waals surface area contributed by atoms with Crippen molar-refractivity contribution in [2.75, 3.05) is 26.3 Å². The monoisotopic (exact) mass is 411 g/mol. The second kappa shape index (κ2) is 8.93. The van der Waals surface area contributed by atoms with Gasteiger partial charge in [-0.1, -0.05) is 43.5 Å². The summed E-state index contributed by atoms with van der Waals surface area (Å²) in [6.07, 6.45) is 4.70. The van der Waals surface area contributed by atoms with Crippen LogP contribution in [0.4, 0.5) is 4.79 Å². The molecule has 0 aromatic heterocycles. The molecule has 3 aliphatic rings. The van der Waals surface area contributed by atoms with Gasteiger partial charge in [0.15, 0.2) is 5.78 Å². The van der Waals surface area contributed by atoms with Crippen LogP contribution in [-0.4, -0.2) is 43.1 Å². The van der Waals surface area contributed by atoms with Gasteiger partial charge in [-0.2, -0.15) is 0 Å². The minimum Gasteiger partial charge on any atom is -0.414 e. The van der Waals surface area contributed by atoms with Crippen LogP contribution < -0.4 is 0 Å². The molecule has 2 aliphatic carbocycles. The van der Waals surface area contributed by atoms with E-state index in [0.717, 1.165) is 35.4 Å². The van der Waals surface area contributed by atoms with Crippen molar-refractivity contribution in [1.82, 2.24) is 4.90 Å². The van der Waals surface area contributed by atoms with Crippen molar-refractivity contribution in [1.29, 1.82) is 0 Å². The molecule has 1 heterocycles. The van der Waals surface area contributed by atoms with Crippen LogP contribution in [0.25, 0.3) is 5.57 Å². The Kier molecular flexibility index (Phi) is 6.28. The third-order valence-electron chi connectivity index (χ3n) is 7.04. The summed E-state index contributed by atoms with van der Waals surface area (Å²) in [6, 6.07) is 6.15. The highest BCUT2D eigenvalue weighted by Crippen LogP contribution is 2.45. The van der Waals surface area contributed by atoms with E-state index in [1.807, 2.05) is 19.9 Å². The van der Waals surface area contributed by atoms with Gasteiger partial charge in [0.2, 0.25) is 0 Å². The van der Waals surface area contributed by atoms with Crippen molar-refractivity contribution in [3.05, 3.63) is 40.6 Å². The minimum absolute atomic E-state index is 0.0695. The smallest absolute Gasteiger partial charge is 0.414 e. The minimum atomic E-state index is -0.359. The standard InChI is InChI=1S/C25H33NO4/c1-16-5-8-19(9-6-16)21-15-22(30-25(28)26-10-12-29-13-11-26)23(24(21)27)20-14-17(2)4-7-18(20)3/h4,7,14,16,19,21H,5-6,8-13,15H2,1-3H3. The Morgan fingerprint density at radius 3 is 2.50 bits per heavy atom. The SMILES string of the molecule is Cc1ccc(C)c(C2=C(OC(=O)N3CCOCC3)CC(C3CCC(C)CC3)C2=O)c1. The van der Waals surface area contributed by atoms with Gasteiger partial charge in [0.05, 0.1) is 18.8 Å². The molecule has 5 heteroatoms. The maximum absolute atomic E-state index is 13.6. The van der Waals surface area contributed by atoms with Crippen LogP contribution in [0, 0.1) is 31.6 Å². The zero-order valence-corrected chi connectivity index (χ0v) is 18.4. The number of morpholine rings is 1. The number of ketones is 1. The van der Waals surface area contributed by atoms with Gasteiger partial charge in [-0.15, -0.1) is 0 Å². The Morgan fingerprint density at radius 1 is 1.10 bits per heavy atom. The summed E-state index contributed by atoms with van der Waals surface area (Å²) in [5.41, 5.74) is 3.68. The molecular weight excluding hydrogens is 378 g/mol. The van der Waals surface area contributed by atoms with Gasteiger partial charge in [-0.05, 0) is 49.7 Å². The molecule has 0 bridgehead atoms. The van der Waals surface area contributed by atoms with Crippen LogP contribution in [0.15, 0.2) is 24.0 Å². The van der Waals surface area contributed by atoms with Crippen molar-refractivity contribution < 1.29 is 19.1 Å². The third-order valence-corrected chi connectivity index (χ3v) is 7.04. The van der Waals surface area contributed by atoms with Crippen LogP contribution in [0.5, 0.6) is 0 Å². The average Bonchev–Trinajstić information content (AvgIpc) is 3.06. The normalized spacial score (nSPS) is 27.5. The first-order valence-corrected chi connectivity index (χ1v) is 11.3. The lowest BCUT2D eigenvalue weighted by atomic mass is 9.74. The first-order valence-electron chi connectivity index (χ1n) is 11.3. The zero-order valence-electron chi connectivity index (χ0n) is 18.4. The predicted molar refractivity (Wildman–Crippen MR) is 116 cm³/mol. The van der Waals surface area contributed by atoms with Crippen LogP contribution in [0.2, 0.25) is 0 Å². The van der Waals surface area contributed by atoms with E-state index in [-0.39, 0.29) is 17.8 Å². The Hall–Kier alpha value is -2.14. The summed E-state index contributed by atoms with van der Waals surface area (Å²) >= 11 is 0. The summed E-state index contributed by atoms with van der Waals surface area (Å²) < 4.78 is 11.3. The molecule has 5 nitrogen and oxygen atoms in total. The molecule has 1 unspecified atom stereocenters. The Morgan fingerprint density at radius 2 is 1.80 bits per heavy atom. The second-order valence-electron chi connectivity index (χ2n) is 9.28. The number of nitrogens with zero attached hydrogens (tertiary/aromatic N) is 1. The van der Waals surface area contributed by atoms with E-state index in [1.54, 1.807) is 4.90 Å². The molecule has 0 spiro atoms. The summed E-state index contributed by atoms with van der Waals surface area (Å²) in [4.78, 5) is 28.1. The fourth-order valence-electron chi connectivity index (χ4n) is 5.08. The number of allylic oxidation sites excluding steroid dienone is 2. The lowest BCUT2D eigenvalue weighted by Crippen LogP contribution is -2.40. The molecule has 30 heavy (non-hydrogen) atoms. The fraction of sp³-hybridized carbons (Fsp3) is 0.600. The second-order valence-corrected chi connectivity index (χ2v) is 9.28. The zero-order chi connectivity index (χ0) is 21.3. The summed E-state index contributed by atoms with van der Waals surface area (Å²) in [5, 5.41) is 0. The van der Waals surface area contributed by atoms with E-state index in [1.165, 1.54) is 12.8 Å². The van der Waals surface area contributed by atoms with Gasteiger partial charge >= 0.3 is 6.09 Å². The van der Waals surface area contributed by atoms with Gasteiger partial charge < -0.3 is 14.4 Å². The van der Waals surface area contributed by atoms with Gasteiger partial charge in [0.25, 0.3) is 0 Å². The highest BCUT2D eigenvalue weighted by atomic mass is 16.6. The van der Waals surface area contributed by atoms with Crippen molar-refractivity contribution in [2.45, 2.75) is 52.9 Å². The molecule has 0 N–H and O–H groups in total. The molecule has 0 radical (unpaired) electrons. The number of carbonyl (C=O) groups is 2. The van der Waals surface area contributed by atoms with Crippen molar-refractivity contribution >= 4 is 17.4 Å². The highest BCUT2D eigenvalue weighted by Gasteiger charge is 2.42. The highest BCUT2D eigenvalue weighted by molar-refractivity contribution is 6.25. The lowest BCUT2D eigenvalue weighted by Gasteiger charge is -2.30. The van der Waals surface area contributed by atoms with Gasteiger partial charge in [-0.3, -0.25) is 4.79 Å². The van der Waals surface area contributed by atoms with Crippen molar-refractivity contribution in [3.63, 3.8) is 0 Å². The molecular formula is C25H33NO4. The maximum Gasteiger partial charge on any atom is 0.415 e. The number of hydrogen-bond acceptors (Lipinski definition) is 4. The molecule has 2 fully saturated rings. The van der Waals surface area contributed by atoms with Crippen molar-refractivity contribution in [3.8, 4) is 0 Å². The third kappa shape index (κ3) is 4.31. The summed E-state index contributed by atoms with van der Waals surface area (Å²) in [7, 11) is 0. The van der Waals surface area contributed by atoms with E-state index >= 15 is 0 Å². The molecule has 1 atom stereocenters. The predicted octanol–water partition coefficient (Wildman–Crippen LogP) is 4.90. The van der Waals surface area contributed by atoms with Gasteiger partial charge in [0, 0.05) is 25.4 Å².